The van der Waals surface area contributed by atoms with E-state index in [1.807, 2.05) is 9.48 Å². The Balaban J connectivity index is 0.00000608. The summed E-state index contributed by atoms with van der Waals surface area (Å²) in [5.74, 6) is -3.03. The summed E-state index contributed by atoms with van der Waals surface area (Å²) in [4.78, 5) is 41.8. The van der Waals surface area contributed by atoms with E-state index in [0.717, 1.165) is 0 Å². The normalized spacial score (nSPS) is 19.7. The van der Waals surface area contributed by atoms with E-state index >= 15 is 0 Å². The Kier molecular flexibility index (Phi) is 26.4. The zero-order chi connectivity index (χ0) is 51.7. The summed E-state index contributed by atoms with van der Waals surface area (Å²) in [5.41, 5.74) is 1.40. The van der Waals surface area contributed by atoms with E-state index < -0.39 is 85.5 Å². The maximum absolute atomic E-state index is 12.2. The first-order valence-corrected chi connectivity index (χ1v) is 28.5. The molecule has 0 bridgehead atoms. The fourth-order valence-electron chi connectivity index (χ4n) is 9.14. The van der Waals surface area contributed by atoms with E-state index in [9.17, 15) is 66.3 Å². The third-order valence-corrected chi connectivity index (χ3v) is 15.9. The van der Waals surface area contributed by atoms with Gasteiger partial charge in [-0.1, -0.05) is 43.2 Å². The predicted octanol–water partition coefficient (Wildman–Crippen LogP) is -3.88. The van der Waals surface area contributed by atoms with Crippen molar-refractivity contribution in [3.63, 3.8) is 0 Å². The first-order valence-electron chi connectivity index (χ1n) is 22.5. The number of hydrogen-bond acceptors (Lipinski definition) is 16. The van der Waals surface area contributed by atoms with Crippen LogP contribution < -0.4 is 93.6 Å². The molecule has 2 amide bonds. The van der Waals surface area contributed by atoms with Crippen LogP contribution in [-0.4, -0.2) is 123 Å². The first-order chi connectivity index (χ1) is 32.7. The summed E-state index contributed by atoms with van der Waals surface area (Å²) in [5, 5.41) is 0.508. The molecule has 3 heterocycles. The summed E-state index contributed by atoms with van der Waals surface area (Å²) in [6, 6.07) is 8.17. The minimum Gasteiger partial charge on any atom is -0.748 e. The number of anilines is 1. The van der Waals surface area contributed by atoms with Crippen LogP contribution in [0.3, 0.4) is 0 Å². The van der Waals surface area contributed by atoms with E-state index in [1.165, 1.54) is 37.4 Å². The molecule has 2 unspecified atom stereocenters. The van der Waals surface area contributed by atoms with Gasteiger partial charge in [0.15, 0.2) is 5.71 Å². The number of fused-ring (bicyclic) bond motifs is 2. The van der Waals surface area contributed by atoms with Crippen molar-refractivity contribution in [3.05, 3.63) is 95.8 Å². The molecule has 3 aliphatic rings. The summed E-state index contributed by atoms with van der Waals surface area (Å²) in [6.45, 7) is 4.58. The van der Waals surface area contributed by atoms with Gasteiger partial charge in [0.05, 0.1) is 37.7 Å². The predicted molar refractivity (Wildman–Crippen MR) is 254 cm³/mol. The molecular formula is C46H58N3Na3O17S4+2. The minimum atomic E-state index is -4.90. The molecule has 384 valence electrons. The molecule has 0 radical (unpaired) electrons. The van der Waals surface area contributed by atoms with E-state index in [0.29, 0.717) is 84.2 Å². The van der Waals surface area contributed by atoms with E-state index in [4.69, 9.17) is 9.57 Å². The summed E-state index contributed by atoms with van der Waals surface area (Å²) in [6.07, 6.45) is 15.4. The molecule has 20 nitrogen and oxygen atoms in total. The Bertz CT molecular complexity index is 2950. The van der Waals surface area contributed by atoms with Crippen LogP contribution in [-0.2, 0) is 75.3 Å². The molecule has 0 aliphatic carbocycles. The van der Waals surface area contributed by atoms with Gasteiger partial charge in [-0.2, -0.15) is 21.4 Å². The SMILES string of the molecule is COCCN1C(=CC=CC=CC=CC2=[N+](CCCCCCCC(=O)ON3C(=O)CCC3=O)c3ccc(S(=O)(=O)[O-])cc3C2(C)CCCS(=O)(=O)[O-])C(C)(CCCS(=O)(=O)O)c2cc(S(=O)(=O)O)ccc21.[Na+].[Na+].[Na+]. The smallest absolute Gasteiger partial charge is 0.748 e. The fraction of sp³-hybridized carbons (Fsp3) is 0.478. The average molecular weight is 1120 g/mol. The van der Waals surface area contributed by atoms with Crippen molar-refractivity contribution in [1.29, 1.82) is 0 Å². The Hall–Kier alpha value is -1.92. The number of ether oxygens (including phenoxy) is 1. The molecule has 0 aromatic heterocycles. The van der Waals surface area contributed by atoms with Crippen molar-refractivity contribution in [1.82, 2.24) is 5.06 Å². The third-order valence-electron chi connectivity index (χ3n) is 12.6. The molecule has 73 heavy (non-hydrogen) atoms. The number of carbonyl (C=O) groups is 3. The maximum Gasteiger partial charge on any atom is 1.00 e. The molecule has 5 rings (SSSR count). The van der Waals surface area contributed by atoms with Crippen LogP contribution in [0.1, 0.15) is 102 Å². The zero-order valence-electron chi connectivity index (χ0n) is 42.0. The van der Waals surface area contributed by atoms with Crippen molar-refractivity contribution in [2.45, 2.75) is 112 Å². The number of hydroxylamine groups is 2. The van der Waals surface area contributed by atoms with Gasteiger partial charge in [-0.05, 0) is 94.3 Å². The molecule has 0 saturated carbocycles. The summed E-state index contributed by atoms with van der Waals surface area (Å²) >= 11 is 0. The quantitative estimate of drug-likeness (QED) is 0.0227. The molecule has 2 aromatic rings. The van der Waals surface area contributed by atoms with Gasteiger partial charge in [-0.25, -0.2) is 21.6 Å². The number of imide groups is 1. The zero-order valence-corrected chi connectivity index (χ0v) is 51.3. The van der Waals surface area contributed by atoms with Gasteiger partial charge < -0.3 is 23.6 Å². The van der Waals surface area contributed by atoms with Crippen molar-refractivity contribution >= 4 is 75.3 Å². The minimum absolute atomic E-state index is 0. The van der Waals surface area contributed by atoms with Crippen LogP contribution >= 0.6 is 0 Å². The van der Waals surface area contributed by atoms with E-state index in [-0.39, 0.29) is 145 Å². The van der Waals surface area contributed by atoms with Crippen LogP contribution in [0.5, 0.6) is 0 Å². The number of hydrogen-bond donors (Lipinski definition) is 2. The van der Waals surface area contributed by atoms with Crippen LogP contribution in [0.4, 0.5) is 11.4 Å². The first kappa shape index (κ1) is 67.2. The second kappa shape index (κ2) is 28.6. The number of amides is 2. The number of carbonyl (C=O) groups excluding carboxylic acids is 3. The van der Waals surface area contributed by atoms with E-state index in [2.05, 4.69) is 0 Å². The largest absolute Gasteiger partial charge is 1.00 e. The number of rotatable bonds is 26. The molecule has 2 aromatic carbocycles. The Morgan fingerprint density at radius 3 is 1.93 bits per heavy atom. The number of unbranched alkanes of at least 4 members (excludes halogenated alkanes) is 4. The van der Waals surface area contributed by atoms with Crippen LogP contribution in [0.25, 0.3) is 0 Å². The average Bonchev–Trinajstić information content (AvgIpc) is 3.79. The molecule has 2 atom stereocenters. The topological polar surface area (TPSA) is 302 Å². The Morgan fingerprint density at radius 1 is 0.740 bits per heavy atom. The van der Waals surface area contributed by atoms with Gasteiger partial charge >= 0.3 is 94.6 Å². The monoisotopic (exact) mass is 1120 g/mol. The van der Waals surface area contributed by atoms with Crippen LogP contribution in [0, 0.1) is 0 Å². The summed E-state index contributed by atoms with van der Waals surface area (Å²) < 4.78 is 146. The number of allylic oxidation sites excluding steroid dienone is 8. The van der Waals surface area contributed by atoms with Gasteiger partial charge in [0, 0.05) is 79.6 Å². The second-order valence-electron chi connectivity index (χ2n) is 17.6. The van der Waals surface area contributed by atoms with Crippen molar-refractivity contribution in [3.8, 4) is 0 Å². The fourth-order valence-corrected chi connectivity index (χ4v) is 11.2. The molecule has 2 N–H and O–H groups in total. The Labute approximate surface area is 494 Å². The molecule has 1 saturated heterocycles. The second-order valence-corrected chi connectivity index (χ2v) is 23.5. The molecular weight excluding hydrogens is 1060 g/mol. The van der Waals surface area contributed by atoms with Gasteiger partial charge in [0.2, 0.25) is 5.69 Å². The van der Waals surface area contributed by atoms with Crippen molar-refractivity contribution in [2.75, 3.05) is 43.2 Å². The van der Waals surface area contributed by atoms with Gasteiger partial charge in [0.1, 0.15) is 16.7 Å². The van der Waals surface area contributed by atoms with Crippen molar-refractivity contribution in [2.24, 2.45) is 0 Å². The molecule has 1 fully saturated rings. The number of benzene rings is 2. The standard InChI is InChI=1S/C46H59N3O17S4.3Na/c1-45(25-14-30-67(53,54)55)36-32-34(69(59,60)61)19-21-38(36)47(27-13-9-5-8-12-18-44(52)66-49-42(50)23-24-43(49)51)40(45)16-10-6-4-7-11-17-41-46(2,26-15-31-68(56,57)58)37-33-35(70(62,63)64)20-22-39(37)48(41)28-29-65-3;;;/h4,6-7,10-11,16-17,19-22,32-33H,5,8-9,12-15,18,23-31H2,1-3H3,(H3-,53,54,55,56,57,58,59,60,61,62,63,64);;;/q;3*+1/p-1. The van der Waals surface area contributed by atoms with Gasteiger partial charge in [0.25, 0.3) is 32.1 Å². The molecule has 0 spiro atoms. The maximum atomic E-state index is 12.2. The Morgan fingerprint density at radius 2 is 1.32 bits per heavy atom. The third kappa shape index (κ3) is 18.3. The molecule has 27 heteroatoms. The number of nitrogens with zero attached hydrogens (tertiary/aromatic N) is 3. The van der Waals surface area contributed by atoms with Gasteiger partial charge in [-0.15, -0.1) is 5.06 Å². The van der Waals surface area contributed by atoms with Crippen molar-refractivity contribution < 1.29 is 169 Å². The molecule has 3 aliphatic heterocycles. The summed E-state index contributed by atoms with van der Waals surface area (Å²) in [7, 11) is -16.9. The van der Waals surface area contributed by atoms with Crippen LogP contribution in [0.15, 0.2) is 94.4 Å². The van der Waals surface area contributed by atoms with Gasteiger partial charge in [-0.3, -0.25) is 18.7 Å². The number of methoxy groups -OCH3 is 1. The van der Waals surface area contributed by atoms with E-state index in [1.54, 1.807) is 62.4 Å². The van der Waals surface area contributed by atoms with Crippen LogP contribution in [0.2, 0.25) is 0 Å².